The Balaban J connectivity index is 1.42. The molecule has 2 aromatic carbocycles. The van der Waals surface area contributed by atoms with Gasteiger partial charge in [-0.05, 0) is 47.9 Å². The van der Waals surface area contributed by atoms with E-state index in [0.717, 1.165) is 46.4 Å². The number of thioether (sulfide) groups is 1. The maximum atomic E-state index is 12.5. The van der Waals surface area contributed by atoms with Crippen LogP contribution in [-0.2, 0) is 16.6 Å². The van der Waals surface area contributed by atoms with Crippen molar-refractivity contribution in [2.24, 2.45) is 0 Å². The summed E-state index contributed by atoms with van der Waals surface area (Å²) in [6.07, 6.45) is 5.49. The van der Waals surface area contributed by atoms with Crippen LogP contribution in [-0.4, -0.2) is 33.0 Å². The first-order valence-electron chi connectivity index (χ1n) is 12.0. The van der Waals surface area contributed by atoms with Crippen molar-refractivity contribution < 1.29 is 4.79 Å². The van der Waals surface area contributed by atoms with Crippen LogP contribution in [0.1, 0.15) is 63.6 Å². The zero-order valence-electron chi connectivity index (χ0n) is 20.2. The third kappa shape index (κ3) is 6.22. The predicted octanol–water partition coefficient (Wildman–Crippen LogP) is 6.46. The highest BCUT2D eigenvalue weighted by Gasteiger charge is 2.25. The second kappa shape index (κ2) is 11.0. The van der Waals surface area contributed by atoms with E-state index in [0.29, 0.717) is 18.3 Å². The SMILES string of the molecule is CC(C)(C)c1ccc(-c2nnc(SCC(=O)NCCc3ccc(Cl)cc3)n2C2CCCC2)cc1. The molecule has 34 heavy (non-hydrogen) atoms. The fourth-order valence-electron chi connectivity index (χ4n) is 4.36. The number of rotatable bonds is 8. The van der Waals surface area contributed by atoms with Crippen molar-refractivity contribution in [3.63, 3.8) is 0 Å². The Morgan fingerprint density at radius 1 is 1.06 bits per heavy atom. The van der Waals surface area contributed by atoms with Gasteiger partial charge in [0.2, 0.25) is 5.91 Å². The maximum Gasteiger partial charge on any atom is 0.230 e. The minimum atomic E-state index is 0.0102. The number of nitrogens with zero attached hydrogens (tertiary/aromatic N) is 3. The summed E-state index contributed by atoms with van der Waals surface area (Å²) in [7, 11) is 0. The van der Waals surface area contributed by atoms with Crippen LogP contribution in [0.15, 0.2) is 53.7 Å². The first-order chi connectivity index (χ1) is 16.3. The summed E-state index contributed by atoms with van der Waals surface area (Å²) in [5, 5.41) is 13.6. The van der Waals surface area contributed by atoms with Gasteiger partial charge in [0.15, 0.2) is 11.0 Å². The van der Waals surface area contributed by atoms with Crippen molar-refractivity contribution in [2.45, 2.75) is 69.5 Å². The Hall–Kier alpha value is -2.31. The van der Waals surface area contributed by atoms with Gasteiger partial charge in [0, 0.05) is 23.2 Å². The van der Waals surface area contributed by atoms with Crippen LogP contribution in [0.2, 0.25) is 5.02 Å². The molecular formula is C27H33ClN4OS. The summed E-state index contributed by atoms with van der Waals surface area (Å²) in [6, 6.07) is 16.8. The molecule has 0 bridgehead atoms. The highest BCUT2D eigenvalue weighted by molar-refractivity contribution is 7.99. The molecule has 1 aromatic heterocycles. The summed E-state index contributed by atoms with van der Waals surface area (Å²) >= 11 is 7.41. The predicted molar refractivity (Wildman–Crippen MR) is 141 cm³/mol. The molecule has 0 spiro atoms. The van der Waals surface area contributed by atoms with E-state index in [1.165, 1.54) is 30.2 Å². The fraction of sp³-hybridized carbons (Fsp3) is 0.444. The van der Waals surface area contributed by atoms with Crippen LogP contribution in [0.5, 0.6) is 0 Å². The molecule has 0 atom stereocenters. The second-order valence-electron chi connectivity index (χ2n) is 9.96. The van der Waals surface area contributed by atoms with Gasteiger partial charge in [0.1, 0.15) is 0 Å². The van der Waals surface area contributed by atoms with E-state index in [4.69, 9.17) is 11.6 Å². The molecule has 1 saturated carbocycles. The zero-order valence-corrected chi connectivity index (χ0v) is 21.8. The third-order valence-corrected chi connectivity index (χ3v) is 7.54. The third-order valence-electron chi connectivity index (χ3n) is 6.34. The average molecular weight is 497 g/mol. The smallest absolute Gasteiger partial charge is 0.230 e. The molecule has 1 aliphatic rings. The highest BCUT2D eigenvalue weighted by atomic mass is 35.5. The van der Waals surface area contributed by atoms with Crippen LogP contribution >= 0.6 is 23.4 Å². The molecule has 0 aliphatic heterocycles. The molecular weight excluding hydrogens is 464 g/mol. The molecule has 7 heteroatoms. The van der Waals surface area contributed by atoms with E-state index in [1.807, 2.05) is 24.3 Å². The van der Waals surface area contributed by atoms with Gasteiger partial charge in [-0.1, -0.05) is 93.4 Å². The van der Waals surface area contributed by atoms with Crippen molar-refractivity contribution >= 4 is 29.3 Å². The molecule has 1 aliphatic carbocycles. The van der Waals surface area contributed by atoms with Crippen LogP contribution < -0.4 is 5.32 Å². The number of hydrogen-bond acceptors (Lipinski definition) is 4. The van der Waals surface area contributed by atoms with Crippen LogP contribution in [0, 0.1) is 0 Å². The molecule has 1 N–H and O–H groups in total. The molecule has 180 valence electrons. The van der Waals surface area contributed by atoms with Crippen molar-refractivity contribution in [2.75, 3.05) is 12.3 Å². The summed E-state index contributed by atoms with van der Waals surface area (Å²) in [5.74, 6) is 1.24. The van der Waals surface area contributed by atoms with Crippen molar-refractivity contribution in [3.8, 4) is 11.4 Å². The number of amides is 1. The Labute approximate surface area is 211 Å². The number of carbonyl (C=O) groups excluding carboxylic acids is 1. The first-order valence-corrected chi connectivity index (χ1v) is 13.4. The van der Waals surface area contributed by atoms with Gasteiger partial charge in [-0.3, -0.25) is 9.36 Å². The fourth-order valence-corrected chi connectivity index (χ4v) is 5.32. The summed E-state index contributed by atoms with van der Waals surface area (Å²) < 4.78 is 2.27. The Kier molecular flexibility index (Phi) is 7.99. The number of hydrogen-bond donors (Lipinski definition) is 1. The molecule has 5 nitrogen and oxygen atoms in total. The highest BCUT2D eigenvalue weighted by Crippen LogP contribution is 2.37. The number of aromatic nitrogens is 3. The minimum Gasteiger partial charge on any atom is -0.355 e. The Morgan fingerprint density at radius 2 is 1.74 bits per heavy atom. The Morgan fingerprint density at radius 3 is 2.38 bits per heavy atom. The average Bonchev–Trinajstić information content (AvgIpc) is 3.48. The molecule has 0 radical (unpaired) electrons. The van der Waals surface area contributed by atoms with Gasteiger partial charge >= 0.3 is 0 Å². The quantitative estimate of drug-likeness (QED) is 0.363. The molecule has 0 unspecified atom stereocenters. The molecule has 1 heterocycles. The van der Waals surface area contributed by atoms with Gasteiger partial charge in [-0.15, -0.1) is 10.2 Å². The van der Waals surface area contributed by atoms with E-state index in [9.17, 15) is 4.79 Å². The first kappa shape index (κ1) is 24.8. The summed E-state index contributed by atoms with van der Waals surface area (Å²) in [4.78, 5) is 12.5. The van der Waals surface area contributed by atoms with Crippen LogP contribution in [0.4, 0.5) is 0 Å². The van der Waals surface area contributed by atoms with E-state index in [-0.39, 0.29) is 11.3 Å². The van der Waals surface area contributed by atoms with Gasteiger partial charge in [0.05, 0.1) is 5.75 Å². The van der Waals surface area contributed by atoms with Gasteiger partial charge in [-0.2, -0.15) is 0 Å². The largest absolute Gasteiger partial charge is 0.355 e. The van der Waals surface area contributed by atoms with E-state index < -0.39 is 0 Å². The summed E-state index contributed by atoms with van der Waals surface area (Å²) in [6.45, 7) is 7.26. The maximum absolute atomic E-state index is 12.5. The lowest BCUT2D eigenvalue weighted by molar-refractivity contribution is -0.118. The lowest BCUT2D eigenvalue weighted by atomic mass is 9.86. The molecule has 4 rings (SSSR count). The standard InChI is InChI=1S/C27H33ClN4OS/c1-27(2,3)21-12-10-20(11-13-21)25-30-31-26(32(25)23-6-4-5-7-23)34-18-24(33)29-17-16-19-8-14-22(28)15-9-19/h8-15,23H,4-7,16-18H2,1-3H3,(H,29,33). The minimum absolute atomic E-state index is 0.0102. The number of carbonyl (C=O) groups is 1. The molecule has 1 amide bonds. The van der Waals surface area contributed by atoms with Gasteiger partial charge in [0.25, 0.3) is 0 Å². The van der Waals surface area contributed by atoms with Gasteiger partial charge < -0.3 is 5.32 Å². The number of nitrogens with one attached hydrogen (secondary N) is 1. The van der Waals surface area contributed by atoms with Crippen LogP contribution in [0.25, 0.3) is 11.4 Å². The lowest BCUT2D eigenvalue weighted by Gasteiger charge is -2.20. The van der Waals surface area contributed by atoms with Crippen molar-refractivity contribution in [3.05, 3.63) is 64.7 Å². The van der Waals surface area contributed by atoms with E-state index >= 15 is 0 Å². The number of benzene rings is 2. The van der Waals surface area contributed by atoms with Crippen molar-refractivity contribution in [1.29, 1.82) is 0 Å². The Bertz CT molecular complexity index is 1100. The molecule has 3 aromatic rings. The monoisotopic (exact) mass is 496 g/mol. The normalized spacial score (nSPS) is 14.5. The lowest BCUT2D eigenvalue weighted by Crippen LogP contribution is -2.27. The molecule has 1 fully saturated rings. The van der Waals surface area contributed by atoms with Gasteiger partial charge in [-0.25, -0.2) is 0 Å². The van der Waals surface area contributed by atoms with E-state index in [1.54, 1.807) is 0 Å². The van der Waals surface area contributed by atoms with E-state index in [2.05, 4.69) is 65.1 Å². The zero-order chi connectivity index (χ0) is 24.1. The topological polar surface area (TPSA) is 59.8 Å². The van der Waals surface area contributed by atoms with Crippen LogP contribution in [0.3, 0.4) is 0 Å². The molecule has 0 saturated heterocycles. The number of halogens is 1. The summed E-state index contributed by atoms with van der Waals surface area (Å²) in [5.41, 5.74) is 3.64. The van der Waals surface area contributed by atoms with Crippen molar-refractivity contribution in [1.82, 2.24) is 20.1 Å². The second-order valence-corrected chi connectivity index (χ2v) is 11.3.